The van der Waals surface area contributed by atoms with Gasteiger partial charge in [-0.2, -0.15) is 0 Å². The molecule has 0 spiro atoms. The Morgan fingerprint density at radius 2 is 2.18 bits per heavy atom. The first-order valence-corrected chi connectivity index (χ1v) is 6.66. The highest BCUT2D eigenvalue weighted by Gasteiger charge is 2.24. The molecule has 0 atom stereocenters. The van der Waals surface area contributed by atoms with Crippen LogP contribution in [0.1, 0.15) is 18.5 Å². The fourth-order valence-electron chi connectivity index (χ4n) is 2.36. The van der Waals surface area contributed by atoms with E-state index in [9.17, 15) is 5.02 Å². The monoisotopic (exact) mass is 250 g/mol. The highest BCUT2D eigenvalue weighted by atomic mass is 32.1. The lowest BCUT2D eigenvalue weighted by Crippen LogP contribution is -2.43. The molecule has 1 fully saturated rings. The first-order chi connectivity index (χ1) is 8.15. The van der Waals surface area contributed by atoms with Gasteiger partial charge in [0, 0.05) is 16.8 Å². The van der Waals surface area contributed by atoms with Gasteiger partial charge < -0.3 is 9.83 Å². The van der Waals surface area contributed by atoms with Crippen molar-refractivity contribution in [3.63, 3.8) is 0 Å². The standard InChI is InChI=1S/C12H19BN2OS/c1-13(16)15-6-4-10(5-7-15)8-11-2-3-12(17)9-14-11/h2-3,9-10,16-17H,4-8H2,1H3. The summed E-state index contributed by atoms with van der Waals surface area (Å²) >= 11 is 4.23. The summed E-state index contributed by atoms with van der Waals surface area (Å²) in [6.07, 6.45) is 5.15. The van der Waals surface area contributed by atoms with Crippen LogP contribution >= 0.6 is 12.6 Å². The van der Waals surface area contributed by atoms with Crippen molar-refractivity contribution in [3.05, 3.63) is 24.0 Å². The average Bonchev–Trinajstić information content (AvgIpc) is 2.33. The Balaban J connectivity index is 1.84. The van der Waals surface area contributed by atoms with Gasteiger partial charge >= 0.3 is 7.05 Å². The van der Waals surface area contributed by atoms with Gasteiger partial charge in [0.05, 0.1) is 0 Å². The van der Waals surface area contributed by atoms with Crippen molar-refractivity contribution in [2.45, 2.75) is 31.0 Å². The van der Waals surface area contributed by atoms with E-state index < -0.39 is 0 Å². The second kappa shape index (κ2) is 5.89. The number of hydrogen-bond donors (Lipinski definition) is 2. The van der Waals surface area contributed by atoms with Crippen LogP contribution in [0, 0.1) is 5.92 Å². The second-order valence-corrected chi connectivity index (χ2v) is 5.34. The second-order valence-electron chi connectivity index (χ2n) is 4.82. The summed E-state index contributed by atoms with van der Waals surface area (Å²) in [4.78, 5) is 7.43. The normalized spacial score (nSPS) is 18.3. The van der Waals surface area contributed by atoms with Crippen molar-refractivity contribution in [2.24, 2.45) is 5.92 Å². The molecule has 2 heterocycles. The molecule has 0 unspecified atom stereocenters. The number of aromatic nitrogens is 1. The summed E-state index contributed by atoms with van der Waals surface area (Å²) in [6, 6.07) is 4.06. The smallest absolute Gasteiger partial charge is 0.376 e. The van der Waals surface area contributed by atoms with E-state index in [0.29, 0.717) is 5.92 Å². The zero-order chi connectivity index (χ0) is 12.3. The van der Waals surface area contributed by atoms with Crippen molar-refractivity contribution >= 4 is 19.7 Å². The summed E-state index contributed by atoms with van der Waals surface area (Å²) in [5.41, 5.74) is 1.15. The molecule has 0 aromatic carbocycles. The fourth-order valence-corrected chi connectivity index (χ4v) is 2.50. The molecule has 2 rings (SSSR count). The van der Waals surface area contributed by atoms with Crippen LogP contribution < -0.4 is 0 Å². The predicted octanol–water partition coefficient (Wildman–Crippen LogP) is 1.74. The van der Waals surface area contributed by atoms with Gasteiger partial charge in [-0.1, -0.05) is 0 Å². The topological polar surface area (TPSA) is 36.4 Å². The molecule has 1 aliphatic heterocycles. The van der Waals surface area contributed by atoms with E-state index in [1.807, 2.05) is 19.1 Å². The van der Waals surface area contributed by atoms with Crippen LogP contribution in [-0.2, 0) is 6.42 Å². The van der Waals surface area contributed by atoms with Gasteiger partial charge in [0.15, 0.2) is 0 Å². The number of pyridine rings is 1. The first-order valence-electron chi connectivity index (χ1n) is 6.21. The molecule has 1 aromatic heterocycles. The van der Waals surface area contributed by atoms with Crippen LogP contribution in [-0.4, -0.2) is 35.0 Å². The summed E-state index contributed by atoms with van der Waals surface area (Å²) in [5, 5.41) is 9.49. The number of piperidine rings is 1. The molecular formula is C12H19BN2OS. The molecule has 17 heavy (non-hydrogen) atoms. The average molecular weight is 250 g/mol. The van der Waals surface area contributed by atoms with E-state index in [0.717, 1.165) is 42.9 Å². The van der Waals surface area contributed by atoms with Gasteiger partial charge in [0.1, 0.15) is 0 Å². The zero-order valence-electron chi connectivity index (χ0n) is 10.2. The molecule has 1 aliphatic rings. The summed E-state index contributed by atoms with van der Waals surface area (Å²) in [6.45, 7) is 3.83. The van der Waals surface area contributed by atoms with Crippen molar-refractivity contribution < 1.29 is 5.02 Å². The van der Waals surface area contributed by atoms with Crippen LogP contribution in [0.15, 0.2) is 23.2 Å². The number of hydrogen-bond acceptors (Lipinski definition) is 4. The number of nitrogens with zero attached hydrogens (tertiary/aromatic N) is 2. The molecule has 1 N–H and O–H groups in total. The van der Waals surface area contributed by atoms with Crippen LogP contribution in [0.4, 0.5) is 0 Å². The maximum atomic E-state index is 9.49. The van der Waals surface area contributed by atoms with Crippen molar-refractivity contribution in [3.8, 4) is 0 Å². The van der Waals surface area contributed by atoms with Gasteiger partial charge in [-0.3, -0.25) is 4.98 Å². The van der Waals surface area contributed by atoms with E-state index in [1.165, 1.54) is 0 Å². The van der Waals surface area contributed by atoms with Gasteiger partial charge in [0.2, 0.25) is 0 Å². The zero-order valence-corrected chi connectivity index (χ0v) is 11.1. The Hall–Kier alpha value is -0.515. The SMILES string of the molecule is CB(O)N1CCC(Cc2ccc(S)cn2)CC1. The molecule has 1 saturated heterocycles. The summed E-state index contributed by atoms with van der Waals surface area (Å²) in [7, 11) is -0.308. The van der Waals surface area contributed by atoms with E-state index in [1.54, 1.807) is 0 Å². The van der Waals surface area contributed by atoms with Crippen LogP contribution in [0.25, 0.3) is 0 Å². The van der Waals surface area contributed by atoms with E-state index in [4.69, 9.17) is 0 Å². The third-order valence-corrected chi connectivity index (χ3v) is 3.75. The minimum absolute atomic E-state index is 0.308. The molecule has 1 aromatic rings. The molecule has 92 valence electrons. The third kappa shape index (κ3) is 3.73. The van der Waals surface area contributed by atoms with Gasteiger partial charge in [0.25, 0.3) is 0 Å². The summed E-state index contributed by atoms with van der Waals surface area (Å²) < 4.78 is 0. The number of thiol groups is 1. The summed E-state index contributed by atoms with van der Waals surface area (Å²) in [5.74, 6) is 0.697. The molecule has 5 heteroatoms. The lowest BCUT2D eigenvalue weighted by atomic mass is 9.80. The maximum Gasteiger partial charge on any atom is 0.376 e. The molecule has 0 aliphatic carbocycles. The minimum atomic E-state index is -0.308. The van der Waals surface area contributed by atoms with E-state index in [-0.39, 0.29) is 7.05 Å². The lowest BCUT2D eigenvalue weighted by Gasteiger charge is -2.32. The minimum Gasteiger partial charge on any atom is -0.437 e. The highest BCUT2D eigenvalue weighted by molar-refractivity contribution is 7.80. The van der Waals surface area contributed by atoms with Gasteiger partial charge in [-0.15, -0.1) is 12.6 Å². The Morgan fingerprint density at radius 1 is 1.47 bits per heavy atom. The Kier molecular flexibility index (Phi) is 4.48. The van der Waals surface area contributed by atoms with Crippen molar-refractivity contribution in [1.29, 1.82) is 0 Å². The largest absolute Gasteiger partial charge is 0.437 e. The third-order valence-electron chi connectivity index (χ3n) is 3.48. The quantitative estimate of drug-likeness (QED) is 0.633. The van der Waals surface area contributed by atoms with Crippen LogP contribution in [0.3, 0.4) is 0 Å². The highest BCUT2D eigenvalue weighted by Crippen LogP contribution is 2.21. The molecule has 0 radical (unpaired) electrons. The van der Waals surface area contributed by atoms with Gasteiger partial charge in [-0.05, 0) is 57.2 Å². The van der Waals surface area contributed by atoms with Crippen molar-refractivity contribution in [2.75, 3.05) is 13.1 Å². The van der Waals surface area contributed by atoms with Gasteiger partial charge in [-0.25, -0.2) is 0 Å². The Labute approximate surface area is 109 Å². The molecule has 0 bridgehead atoms. The Bertz CT molecular complexity index is 350. The molecule has 0 amide bonds. The maximum absolute atomic E-state index is 9.49. The predicted molar refractivity (Wildman–Crippen MR) is 73.3 cm³/mol. The Morgan fingerprint density at radius 3 is 2.71 bits per heavy atom. The molecular weight excluding hydrogens is 231 g/mol. The van der Waals surface area contributed by atoms with Crippen LogP contribution in [0.5, 0.6) is 0 Å². The van der Waals surface area contributed by atoms with Crippen molar-refractivity contribution in [1.82, 2.24) is 9.79 Å². The van der Waals surface area contributed by atoms with E-state index >= 15 is 0 Å². The first kappa shape index (κ1) is 12.9. The molecule has 3 nitrogen and oxygen atoms in total. The lowest BCUT2D eigenvalue weighted by molar-refractivity contribution is 0.249. The van der Waals surface area contributed by atoms with Crippen LogP contribution in [0.2, 0.25) is 6.82 Å². The fraction of sp³-hybridized carbons (Fsp3) is 0.583. The molecule has 0 saturated carbocycles. The van der Waals surface area contributed by atoms with E-state index in [2.05, 4.69) is 28.5 Å². The number of rotatable bonds is 3.